The SMILES string of the molecule is Cc1ccc(OCc2c(C(=O)Nc3ccc(F)cc3F)noc2C)c(C)c1. The molecule has 1 aromatic heterocycles. The number of hydrogen-bond donors (Lipinski definition) is 1. The first kappa shape index (κ1) is 18.6. The second-order valence-corrected chi connectivity index (χ2v) is 6.20. The molecule has 0 radical (unpaired) electrons. The quantitative estimate of drug-likeness (QED) is 0.704. The highest BCUT2D eigenvalue weighted by atomic mass is 19.1. The van der Waals surface area contributed by atoms with Crippen molar-refractivity contribution in [2.45, 2.75) is 27.4 Å². The molecule has 0 unspecified atom stereocenters. The molecular formula is C20H18F2N2O3. The monoisotopic (exact) mass is 372 g/mol. The van der Waals surface area contributed by atoms with E-state index in [4.69, 9.17) is 9.26 Å². The minimum absolute atomic E-state index is 0.0130. The molecule has 140 valence electrons. The van der Waals surface area contributed by atoms with Crippen molar-refractivity contribution in [2.24, 2.45) is 0 Å². The van der Waals surface area contributed by atoms with Crippen molar-refractivity contribution in [3.8, 4) is 5.75 Å². The number of nitrogens with one attached hydrogen (secondary N) is 1. The van der Waals surface area contributed by atoms with Gasteiger partial charge in [0.15, 0.2) is 5.69 Å². The Balaban J connectivity index is 1.78. The van der Waals surface area contributed by atoms with Crippen LogP contribution in [0.2, 0.25) is 0 Å². The molecule has 0 aliphatic carbocycles. The molecule has 0 aliphatic heterocycles. The molecule has 0 saturated heterocycles. The van der Waals surface area contributed by atoms with E-state index in [1.54, 1.807) is 6.92 Å². The van der Waals surface area contributed by atoms with E-state index >= 15 is 0 Å². The van der Waals surface area contributed by atoms with E-state index in [0.717, 1.165) is 23.3 Å². The summed E-state index contributed by atoms with van der Waals surface area (Å²) in [5.74, 6) is -1.18. The zero-order valence-corrected chi connectivity index (χ0v) is 15.1. The zero-order valence-electron chi connectivity index (χ0n) is 15.1. The first-order chi connectivity index (χ1) is 12.8. The molecule has 27 heavy (non-hydrogen) atoms. The molecule has 1 N–H and O–H groups in total. The average Bonchev–Trinajstić information content (AvgIpc) is 2.97. The van der Waals surface area contributed by atoms with Gasteiger partial charge in [-0.2, -0.15) is 0 Å². The average molecular weight is 372 g/mol. The number of carbonyl (C=O) groups excluding carboxylic acids is 1. The van der Waals surface area contributed by atoms with Gasteiger partial charge in [-0.05, 0) is 44.5 Å². The van der Waals surface area contributed by atoms with Crippen molar-refractivity contribution in [1.82, 2.24) is 5.16 Å². The van der Waals surface area contributed by atoms with Crippen LogP contribution < -0.4 is 10.1 Å². The zero-order chi connectivity index (χ0) is 19.6. The van der Waals surface area contributed by atoms with E-state index in [0.29, 0.717) is 23.1 Å². The molecule has 7 heteroatoms. The lowest BCUT2D eigenvalue weighted by Gasteiger charge is -2.10. The van der Waals surface area contributed by atoms with E-state index in [2.05, 4.69) is 10.5 Å². The van der Waals surface area contributed by atoms with Crippen molar-refractivity contribution in [1.29, 1.82) is 0 Å². The van der Waals surface area contributed by atoms with E-state index in [9.17, 15) is 13.6 Å². The fourth-order valence-corrected chi connectivity index (χ4v) is 2.62. The summed E-state index contributed by atoms with van der Waals surface area (Å²) in [6, 6.07) is 8.64. The highest BCUT2D eigenvalue weighted by Gasteiger charge is 2.21. The molecule has 0 bridgehead atoms. The van der Waals surface area contributed by atoms with Crippen LogP contribution in [-0.2, 0) is 6.61 Å². The number of anilines is 1. The van der Waals surface area contributed by atoms with Gasteiger partial charge in [-0.3, -0.25) is 4.79 Å². The first-order valence-corrected chi connectivity index (χ1v) is 8.26. The molecule has 1 amide bonds. The Hall–Kier alpha value is -3.22. The molecule has 0 fully saturated rings. The summed E-state index contributed by atoms with van der Waals surface area (Å²) in [6.07, 6.45) is 0. The summed E-state index contributed by atoms with van der Waals surface area (Å²) in [4.78, 5) is 12.5. The second-order valence-electron chi connectivity index (χ2n) is 6.20. The number of aromatic nitrogens is 1. The van der Waals surface area contributed by atoms with Crippen LogP contribution in [0.4, 0.5) is 14.5 Å². The van der Waals surface area contributed by atoms with Gasteiger partial charge in [0.05, 0.1) is 11.3 Å². The van der Waals surface area contributed by atoms with Crippen LogP contribution in [0.5, 0.6) is 5.75 Å². The van der Waals surface area contributed by atoms with Crippen LogP contribution in [-0.4, -0.2) is 11.1 Å². The molecule has 0 aliphatic rings. The third-order valence-electron chi connectivity index (χ3n) is 4.08. The first-order valence-electron chi connectivity index (χ1n) is 8.26. The van der Waals surface area contributed by atoms with Crippen molar-refractivity contribution < 1.29 is 22.8 Å². The number of ether oxygens (including phenoxy) is 1. The fraction of sp³-hybridized carbons (Fsp3) is 0.200. The molecule has 2 aromatic carbocycles. The van der Waals surface area contributed by atoms with E-state index in [1.807, 2.05) is 32.0 Å². The molecule has 3 rings (SSSR count). The number of nitrogens with zero attached hydrogens (tertiary/aromatic N) is 1. The molecule has 5 nitrogen and oxygen atoms in total. The maximum atomic E-state index is 13.8. The Kier molecular flexibility index (Phi) is 5.21. The third kappa shape index (κ3) is 4.13. The van der Waals surface area contributed by atoms with E-state index < -0.39 is 17.5 Å². The standard InChI is InChI=1S/C20H18F2N2O3/c1-11-4-7-18(12(2)8-11)26-10-15-13(3)27-24-19(15)20(25)23-17-6-5-14(21)9-16(17)22/h4-9H,10H2,1-3H3,(H,23,25). The molecular weight excluding hydrogens is 354 g/mol. The lowest BCUT2D eigenvalue weighted by atomic mass is 10.1. The minimum Gasteiger partial charge on any atom is -0.488 e. The van der Waals surface area contributed by atoms with Crippen LogP contribution in [0, 0.1) is 32.4 Å². The van der Waals surface area contributed by atoms with Gasteiger partial charge in [0.2, 0.25) is 0 Å². The van der Waals surface area contributed by atoms with Gasteiger partial charge in [-0.1, -0.05) is 22.9 Å². The maximum Gasteiger partial charge on any atom is 0.278 e. The van der Waals surface area contributed by atoms with Crippen molar-refractivity contribution >= 4 is 11.6 Å². The Morgan fingerprint density at radius 3 is 2.63 bits per heavy atom. The fourth-order valence-electron chi connectivity index (χ4n) is 2.62. The summed E-state index contributed by atoms with van der Waals surface area (Å²) >= 11 is 0. The summed E-state index contributed by atoms with van der Waals surface area (Å²) in [5.41, 5.74) is 2.37. The lowest BCUT2D eigenvalue weighted by molar-refractivity contribution is 0.101. The normalized spacial score (nSPS) is 10.7. The van der Waals surface area contributed by atoms with Gasteiger partial charge in [0, 0.05) is 6.07 Å². The third-order valence-corrected chi connectivity index (χ3v) is 4.08. The van der Waals surface area contributed by atoms with E-state index in [1.165, 1.54) is 0 Å². The summed E-state index contributed by atoms with van der Waals surface area (Å²) in [7, 11) is 0. The summed E-state index contributed by atoms with van der Waals surface area (Å²) in [6.45, 7) is 5.63. The van der Waals surface area contributed by atoms with Crippen molar-refractivity contribution in [3.05, 3.63) is 76.2 Å². The Morgan fingerprint density at radius 2 is 1.93 bits per heavy atom. The van der Waals surface area contributed by atoms with Crippen LogP contribution in [0.25, 0.3) is 0 Å². The number of aryl methyl sites for hydroxylation is 3. The molecule has 0 spiro atoms. The molecule has 3 aromatic rings. The van der Waals surface area contributed by atoms with Crippen LogP contribution in [0.3, 0.4) is 0 Å². The number of carbonyl (C=O) groups is 1. The van der Waals surface area contributed by atoms with Crippen LogP contribution >= 0.6 is 0 Å². The maximum absolute atomic E-state index is 13.8. The Labute approximate surface area is 154 Å². The molecule has 0 saturated carbocycles. The van der Waals surface area contributed by atoms with Gasteiger partial charge in [-0.15, -0.1) is 0 Å². The van der Waals surface area contributed by atoms with Crippen LogP contribution in [0.1, 0.15) is 32.9 Å². The predicted molar refractivity (Wildman–Crippen MR) is 95.8 cm³/mol. The largest absolute Gasteiger partial charge is 0.488 e. The van der Waals surface area contributed by atoms with Crippen molar-refractivity contribution in [3.63, 3.8) is 0 Å². The number of amides is 1. The van der Waals surface area contributed by atoms with Gasteiger partial charge >= 0.3 is 0 Å². The number of halogens is 2. The van der Waals surface area contributed by atoms with Gasteiger partial charge in [0.1, 0.15) is 29.8 Å². The second kappa shape index (κ2) is 7.57. The minimum atomic E-state index is -0.878. The summed E-state index contributed by atoms with van der Waals surface area (Å²) < 4.78 is 37.6. The Bertz CT molecular complexity index is 999. The number of hydrogen-bond acceptors (Lipinski definition) is 4. The van der Waals surface area contributed by atoms with Crippen molar-refractivity contribution in [2.75, 3.05) is 5.32 Å². The van der Waals surface area contributed by atoms with Gasteiger partial charge in [0.25, 0.3) is 5.91 Å². The number of rotatable bonds is 5. The Morgan fingerprint density at radius 1 is 1.15 bits per heavy atom. The van der Waals surface area contributed by atoms with Gasteiger partial charge < -0.3 is 14.6 Å². The van der Waals surface area contributed by atoms with Gasteiger partial charge in [-0.25, -0.2) is 8.78 Å². The lowest BCUT2D eigenvalue weighted by Crippen LogP contribution is -2.16. The molecule has 0 atom stereocenters. The topological polar surface area (TPSA) is 64.4 Å². The molecule has 1 heterocycles. The van der Waals surface area contributed by atoms with E-state index in [-0.39, 0.29) is 18.0 Å². The highest BCUT2D eigenvalue weighted by Crippen LogP contribution is 2.23. The smallest absolute Gasteiger partial charge is 0.278 e. The highest BCUT2D eigenvalue weighted by molar-refractivity contribution is 6.03. The predicted octanol–water partition coefficient (Wildman–Crippen LogP) is 4.71. The van der Waals surface area contributed by atoms with Crippen LogP contribution in [0.15, 0.2) is 40.9 Å². The summed E-state index contributed by atoms with van der Waals surface area (Å²) in [5, 5.41) is 6.11. The number of benzene rings is 2.